The number of nitriles is 1. The van der Waals surface area contributed by atoms with E-state index in [-0.39, 0.29) is 12.5 Å². The summed E-state index contributed by atoms with van der Waals surface area (Å²) in [6, 6.07) is 9.78. The van der Waals surface area contributed by atoms with Crippen molar-refractivity contribution in [2.75, 3.05) is 0 Å². The van der Waals surface area contributed by atoms with E-state index in [2.05, 4.69) is 10.5 Å². The number of rotatable bonds is 3. The van der Waals surface area contributed by atoms with Crippen LogP contribution in [0.25, 0.3) is 0 Å². The topological polar surface area (TPSA) is 99.2 Å². The molecule has 1 aromatic heterocycles. The highest BCUT2D eigenvalue weighted by Gasteiger charge is 2.49. The molecule has 1 saturated heterocycles. The van der Waals surface area contributed by atoms with Crippen molar-refractivity contribution in [2.45, 2.75) is 25.9 Å². The van der Waals surface area contributed by atoms with Crippen molar-refractivity contribution in [3.8, 4) is 6.07 Å². The molecule has 1 aliphatic heterocycles. The fourth-order valence-corrected chi connectivity index (χ4v) is 2.57. The Balaban J connectivity index is 1.88. The largest absolute Gasteiger partial charge is 0.361 e. The summed E-state index contributed by atoms with van der Waals surface area (Å²) in [6.07, 6.45) is 0. The number of carbonyl (C=O) groups excluding carboxylic acids is 2. The molecule has 0 radical (unpaired) electrons. The van der Waals surface area contributed by atoms with Crippen LogP contribution >= 0.6 is 0 Å². The Bertz CT molecular complexity index is 819. The van der Waals surface area contributed by atoms with Crippen molar-refractivity contribution in [1.29, 1.82) is 5.26 Å². The van der Waals surface area contributed by atoms with Crippen LogP contribution in [0, 0.1) is 18.3 Å². The molecule has 0 saturated carbocycles. The summed E-state index contributed by atoms with van der Waals surface area (Å²) in [7, 11) is 0. The molecule has 7 nitrogen and oxygen atoms in total. The average molecular weight is 310 g/mol. The lowest BCUT2D eigenvalue weighted by atomic mass is 9.91. The number of imide groups is 1. The normalized spacial score (nSPS) is 20.5. The highest BCUT2D eigenvalue weighted by atomic mass is 16.5. The van der Waals surface area contributed by atoms with E-state index in [9.17, 15) is 9.59 Å². The Morgan fingerprint density at radius 1 is 1.35 bits per heavy atom. The minimum atomic E-state index is -1.16. The van der Waals surface area contributed by atoms with Crippen molar-refractivity contribution in [1.82, 2.24) is 15.4 Å². The van der Waals surface area contributed by atoms with Crippen LogP contribution in [0.2, 0.25) is 0 Å². The number of hydrogen-bond acceptors (Lipinski definition) is 5. The predicted octanol–water partition coefficient (Wildman–Crippen LogP) is 1.82. The maximum absolute atomic E-state index is 12.7. The van der Waals surface area contributed by atoms with Crippen LogP contribution in [0.4, 0.5) is 4.79 Å². The Morgan fingerprint density at radius 2 is 2.04 bits per heavy atom. The molecule has 1 aliphatic rings. The number of aryl methyl sites for hydroxylation is 1. The lowest BCUT2D eigenvalue weighted by Crippen LogP contribution is -2.40. The highest BCUT2D eigenvalue weighted by Crippen LogP contribution is 2.29. The van der Waals surface area contributed by atoms with Crippen molar-refractivity contribution in [2.24, 2.45) is 0 Å². The number of hydrogen-bond donors (Lipinski definition) is 1. The number of carbonyl (C=O) groups is 2. The fourth-order valence-electron chi connectivity index (χ4n) is 2.57. The van der Waals surface area contributed by atoms with Gasteiger partial charge in [0.1, 0.15) is 17.0 Å². The molecule has 3 amide bonds. The van der Waals surface area contributed by atoms with Crippen LogP contribution in [0.1, 0.15) is 29.5 Å². The summed E-state index contributed by atoms with van der Waals surface area (Å²) >= 11 is 0. The van der Waals surface area contributed by atoms with Crippen molar-refractivity contribution in [3.05, 3.63) is 52.9 Å². The van der Waals surface area contributed by atoms with E-state index < -0.39 is 11.6 Å². The van der Waals surface area contributed by atoms with E-state index in [4.69, 9.17) is 9.78 Å². The Labute approximate surface area is 132 Å². The number of aromatic nitrogens is 1. The molecule has 0 spiro atoms. The summed E-state index contributed by atoms with van der Waals surface area (Å²) in [6.45, 7) is 3.43. The van der Waals surface area contributed by atoms with Gasteiger partial charge in [-0.05, 0) is 31.5 Å². The van der Waals surface area contributed by atoms with Gasteiger partial charge in [-0.2, -0.15) is 5.26 Å². The zero-order valence-corrected chi connectivity index (χ0v) is 12.7. The third-order valence-electron chi connectivity index (χ3n) is 3.86. The first-order valence-corrected chi connectivity index (χ1v) is 7.01. The van der Waals surface area contributed by atoms with Crippen molar-refractivity contribution < 1.29 is 14.1 Å². The number of nitrogens with one attached hydrogen (secondary N) is 1. The maximum atomic E-state index is 12.7. The van der Waals surface area contributed by atoms with Gasteiger partial charge < -0.3 is 9.84 Å². The van der Waals surface area contributed by atoms with E-state index >= 15 is 0 Å². The predicted molar refractivity (Wildman–Crippen MR) is 78.8 cm³/mol. The van der Waals surface area contributed by atoms with Crippen LogP contribution in [-0.4, -0.2) is 22.0 Å². The van der Waals surface area contributed by atoms with Crippen molar-refractivity contribution in [3.63, 3.8) is 0 Å². The van der Waals surface area contributed by atoms with Crippen LogP contribution in [0.15, 0.2) is 34.9 Å². The quantitative estimate of drug-likeness (QED) is 0.872. The molecule has 1 atom stereocenters. The summed E-state index contributed by atoms with van der Waals surface area (Å²) < 4.78 is 4.96. The summed E-state index contributed by atoms with van der Waals surface area (Å²) in [5.41, 5.74) is 0.455. The average Bonchev–Trinajstić information content (AvgIpc) is 3.05. The highest BCUT2D eigenvalue weighted by molar-refractivity contribution is 6.07. The molecule has 1 N–H and O–H groups in total. The lowest BCUT2D eigenvalue weighted by Gasteiger charge is -2.22. The first-order chi connectivity index (χ1) is 10.9. The maximum Gasteiger partial charge on any atom is 0.325 e. The fraction of sp³-hybridized carbons (Fsp3) is 0.250. The Kier molecular flexibility index (Phi) is 3.37. The van der Waals surface area contributed by atoms with E-state index in [0.29, 0.717) is 22.6 Å². The van der Waals surface area contributed by atoms with Gasteiger partial charge in [0.05, 0.1) is 18.2 Å². The second-order valence-corrected chi connectivity index (χ2v) is 5.56. The van der Waals surface area contributed by atoms with Gasteiger partial charge in [-0.25, -0.2) is 4.79 Å². The molecule has 7 heteroatoms. The van der Waals surface area contributed by atoms with Gasteiger partial charge in [0, 0.05) is 6.07 Å². The smallest absolute Gasteiger partial charge is 0.325 e. The zero-order valence-electron chi connectivity index (χ0n) is 12.7. The first kappa shape index (κ1) is 14.8. The molecule has 0 bridgehead atoms. The van der Waals surface area contributed by atoms with Crippen LogP contribution < -0.4 is 5.32 Å². The van der Waals surface area contributed by atoms with E-state index in [1.165, 1.54) is 0 Å². The second-order valence-electron chi connectivity index (χ2n) is 5.56. The summed E-state index contributed by atoms with van der Waals surface area (Å²) in [5, 5.41) is 15.4. The first-order valence-electron chi connectivity index (χ1n) is 7.01. The van der Waals surface area contributed by atoms with Gasteiger partial charge in [-0.15, -0.1) is 0 Å². The van der Waals surface area contributed by atoms with Gasteiger partial charge in [-0.1, -0.05) is 17.3 Å². The number of benzene rings is 1. The van der Waals surface area contributed by atoms with Gasteiger partial charge in [-0.3, -0.25) is 9.69 Å². The lowest BCUT2D eigenvalue weighted by molar-refractivity contribution is -0.131. The number of amides is 3. The third-order valence-corrected chi connectivity index (χ3v) is 3.86. The van der Waals surface area contributed by atoms with Crippen LogP contribution in [0.3, 0.4) is 0 Å². The molecule has 3 rings (SSSR count). The molecule has 0 aliphatic carbocycles. The van der Waals surface area contributed by atoms with Gasteiger partial charge in [0.25, 0.3) is 5.91 Å². The van der Waals surface area contributed by atoms with E-state index in [0.717, 1.165) is 4.90 Å². The molecule has 116 valence electrons. The minimum Gasteiger partial charge on any atom is -0.361 e. The number of urea groups is 1. The molecule has 2 aromatic rings. The number of nitrogens with zero attached hydrogens (tertiary/aromatic N) is 3. The van der Waals surface area contributed by atoms with E-state index in [1.54, 1.807) is 44.2 Å². The molecular formula is C16H14N4O3. The van der Waals surface area contributed by atoms with E-state index in [1.807, 2.05) is 6.07 Å². The Hall–Kier alpha value is -3.14. The molecule has 1 unspecified atom stereocenters. The van der Waals surface area contributed by atoms with Crippen molar-refractivity contribution >= 4 is 11.9 Å². The second kappa shape index (κ2) is 5.25. The summed E-state index contributed by atoms with van der Waals surface area (Å²) in [4.78, 5) is 26.0. The molecule has 1 fully saturated rings. The SMILES string of the molecule is Cc1cc(CN2C(=O)NC(C)(c3ccc(C#N)cc3)C2=O)no1. The molecule has 2 heterocycles. The third kappa shape index (κ3) is 2.44. The van der Waals surface area contributed by atoms with Gasteiger partial charge in [0.2, 0.25) is 0 Å². The van der Waals surface area contributed by atoms with Crippen LogP contribution in [-0.2, 0) is 16.9 Å². The molecule has 1 aromatic carbocycles. The molecular weight excluding hydrogens is 296 g/mol. The molecule has 23 heavy (non-hydrogen) atoms. The summed E-state index contributed by atoms with van der Waals surface area (Å²) in [5.74, 6) is 0.245. The van der Waals surface area contributed by atoms with Gasteiger partial charge in [0.15, 0.2) is 0 Å². The zero-order chi connectivity index (χ0) is 16.6. The van der Waals surface area contributed by atoms with Gasteiger partial charge >= 0.3 is 6.03 Å². The standard InChI is InChI=1S/C16H14N4O3/c1-10-7-13(19-23-10)9-20-14(21)16(2,18-15(20)22)12-5-3-11(8-17)4-6-12/h3-7H,9H2,1-2H3,(H,18,22). The Morgan fingerprint density at radius 3 is 2.61 bits per heavy atom. The van der Waals surface area contributed by atoms with Crippen LogP contribution in [0.5, 0.6) is 0 Å². The minimum absolute atomic E-state index is 0.0495. The monoisotopic (exact) mass is 310 g/mol.